The maximum absolute atomic E-state index is 5.78. The summed E-state index contributed by atoms with van der Waals surface area (Å²) in [5.74, 6) is 0. The molecule has 0 radical (unpaired) electrons. The molecular weight excluding hydrogens is 88.1 g/mol. The van der Waals surface area contributed by atoms with Gasteiger partial charge in [0.25, 0.3) is 0 Å². The van der Waals surface area contributed by atoms with E-state index >= 15 is 0 Å². The third kappa shape index (κ3) is 0.359. The molecule has 0 aromatic carbocycles. The van der Waals surface area contributed by atoms with Crippen molar-refractivity contribution in [2.24, 2.45) is 5.73 Å². The predicted octanol–water partition coefficient (Wildman–Crippen LogP) is -0.551. The molecule has 7 heavy (non-hydrogen) atoms. The molecule has 3 aliphatic rings. The number of nitrogens with two attached hydrogens (primary N) is 1. The number of rotatable bonds is 0. The predicted molar refractivity (Wildman–Crippen MR) is 27.9 cm³/mol. The van der Waals surface area contributed by atoms with Crippen molar-refractivity contribution in [1.82, 2.24) is 5.32 Å². The monoisotopic (exact) mass is 98.1 g/mol. The van der Waals surface area contributed by atoms with Crippen molar-refractivity contribution in [3.05, 3.63) is 0 Å². The highest BCUT2D eigenvalue weighted by molar-refractivity contribution is 5.10. The summed E-state index contributed by atoms with van der Waals surface area (Å²) in [6, 6.07) is 0.782. The van der Waals surface area contributed by atoms with E-state index in [4.69, 9.17) is 5.73 Å². The van der Waals surface area contributed by atoms with Gasteiger partial charge in [0.05, 0.1) is 0 Å². The van der Waals surface area contributed by atoms with Crippen LogP contribution in [0.5, 0.6) is 0 Å². The summed E-state index contributed by atoms with van der Waals surface area (Å²) in [7, 11) is 0. The number of hydrogen-bond donors (Lipinski definition) is 2. The lowest BCUT2D eigenvalue weighted by molar-refractivity contribution is 0.308. The molecule has 2 nitrogen and oxygen atoms in total. The Bertz CT molecular complexity index is 88.7. The summed E-state index contributed by atoms with van der Waals surface area (Å²) in [6.07, 6.45) is 2.43. The van der Waals surface area contributed by atoms with E-state index in [2.05, 4.69) is 5.32 Å². The number of hydrogen-bond acceptors (Lipinski definition) is 2. The molecular formula is C5H10N2. The smallest absolute Gasteiger partial charge is 0.0310 e. The first-order valence-corrected chi connectivity index (χ1v) is 2.81. The van der Waals surface area contributed by atoms with Crippen molar-refractivity contribution < 1.29 is 0 Å². The zero-order valence-electron chi connectivity index (χ0n) is 4.28. The topological polar surface area (TPSA) is 38.0 Å². The van der Waals surface area contributed by atoms with Gasteiger partial charge in [-0.05, 0) is 12.8 Å². The van der Waals surface area contributed by atoms with Crippen LogP contribution < -0.4 is 11.1 Å². The van der Waals surface area contributed by atoms with Crippen LogP contribution in [0.15, 0.2) is 0 Å². The average molecular weight is 98.1 g/mol. The van der Waals surface area contributed by atoms with Gasteiger partial charge in [-0.2, -0.15) is 0 Å². The van der Waals surface area contributed by atoms with Crippen LogP contribution in [0.4, 0.5) is 0 Å². The summed E-state index contributed by atoms with van der Waals surface area (Å²) in [5, 5.41) is 3.31. The number of nitrogens with one attached hydrogen (secondary N) is 1. The summed E-state index contributed by atoms with van der Waals surface area (Å²) < 4.78 is 0. The van der Waals surface area contributed by atoms with Gasteiger partial charge in [-0.25, -0.2) is 0 Å². The maximum atomic E-state index is 5.78. The lowest BCUT2D eigenvalue weighted by Crippen LogP contribution is -2.48. The number of fused-ring (bicyclic) bond motifs is 1. The van der Waals surface area contributed by atoms with Gasteiger partial charge in [0, 0.05) is 18.1 Å². The van der Waals surface area contributed by atoms with Gasteiger partial charge in [-0.1, -0.05) is 0 Å². The van der Waals surface area contributed by atoms with E-state index in [1.54, 1.807) is 0 Å². The molecule has 2 heteroatoms. The molecule has 40 valence electrons. The van der Waals surface area contributed by atoms with Crippen molar-refractivity contribution in [3.8, 4) is 0 Å². The average Bonchev–Trinajstić information content (AvgIpc) is 1.88. The molecule has 0 unspecified atom stereocenters. The summed E-state index contributed by atoms with van der Waals surface area (Å²) in [4.78, 5) is 0. The quantitative estimate of drug-likeness (QED) is 0.426. The normalized spacial score (nSPS) is 57.0. The van der Waals surface area contributed by atoms with Crippen molar-refractivity contribution >= 4 is 0 Å². The first-order valence-electron chi connectivity index (χ1n) is 2.81. The zero-order valence-corrected chi connectivity index (χ0v) is 4.28. The lowest BCUT2D eigenvalue weighted by Gasteiger charge is -2.32. The molecule has 3 rings (SSSR count). The van der Waals surface area contributed by atoms with Gasteiger partial charge in [-0.15, -0.1) is 0 Å². The Balaban J connectivity index is 2.20. The van der Waals surface area contributed by atoms with Crippen LogP contribution in [0.3, 0.4) is 0 Å². The Morgan fingerprint density at radius 3 is 2.43 bits per heavy atom. The van der Waals surface area contributed by atoms with Crippen molar-refractivity contribution in [2.75, 3.05) is 6.54 Å². The highest BCUT2D eigenvalue weighted by Gasteiger charge is 2.46. The highest BCUT2D eigenvalue weighted by atomic mass is 15.1. The minimum Gasteiger partial charge on any atom is -0.324 e. The largest absolute Gasteiger partial charge is 0.324 e. The Morgan fingerprint density at radius 1 is 1.57 bits per heavy atom. The van der Waals surface area contributed by atoms with Gasteiger partial charge in [-0.3, -0.25) is 0 Å². The van der Waals surface area contributed by atoms with E-state index in [1.165, 1.54) is 12.8 Å². The van der Waals surface area contributed by atoms with E-state index in [1.807, 2.05) is 0 Å². The first kappa shape index (κ1) is 3.87. The molecule has 2 bridgehead atoms. The minimum absolute atomic E-state index is 0.227. The zero-order chi connectivity index (χ0) is 4.91. The molecule has 0 amide bonds. The second kappa shape index (κ2) is 0.858. The van der Waals surface area contributed by atoms with Gasteiger partial charge in [0.15, 0.2) is 0 Å². The van der Waals surface area contributed by atoms with E-state index in [-0.39, 0.29) is 5.54 Å². The maximum Gasteiger partial charge on any atom is 0.0310 e. The first-order chi connectivity index (χ1) is 3.29. The molecule has 3 N–H and O–H groups in total. The summed E-state index contributed by atoms with van der Waals surface area (Å²) >= 11 is 0. The summed E-state index contributed by atoms with van der Waals surface area (Å²) in [5.41, 5.74) is 6.01. The Hall–Kier alpha value is -0.0800. The minimum atomic E-state index is 0.227. The van der Waals surface area contributed by atoms with Crippen molar-refractivity contribution in [2.45, 2.75) is 24.4 Å². The van der Waals surface area contributed by atoms with Gasteiger partial charge in [0.2, 0.25) is 0 Å². The Kier molecular flexibility index (Phi) is 0.474. The molecule has 1 aliphatic carbocycles. The fraction of sp³-hybridized carbons (Fsp3) is 1.00. The van der Waals surface area contributed by atoms with Crippen LogP contribution in [0.1, 0.15) is 12.8 Å². The van der Waals surface area contributed by atoms with Gasteiger partial charge >= 0.3 is 0 Å². The van der Waals surface area contributed by atoms with Crippen molar-refractivity contribution in [3.63, 3.8) is 0 Å². The van der Waals surface area contributed by atoms with Crippen LogP contribution in [0, 0.1) is 0 Å². The Labute approximate surface area is 43.1 Å². The van der Waals surface area contributed by atoms with Crippen LogP contribution in [-0.4, -0.2) is 18.1 Å². The van der Waals surface area contributed by atoms with Gasteiger partial charge in [0.1, 0.15) is 0 Å². The van der Waals surface area contributed by atoms with Crippen LogP contribution in [0.2, 0.25) is 0 Å². The molecule has 3 fully saturated rings. The molecule has 0 aromatic rings. The third-order valence-corrected chi connectivity index (χ3v) is 2.05. The third-order valence-electron chi connectivity index (χ3n) is 2.05. The molecule has 2 heterocycles. The van der Waals surface area contributed by atoms with E-state index in [0.717, 1.165) is 12.6 Å². The molecule has 0 aromatic heterocycles. The van der Waals surface area contributed by atoms with E-state index in [0.29, 0.717) is 0 Å². The molecule has 2 saturated heterocycles. The molecule has 2 aliphatic heterocycles. The second-order valence-corrected chi connectivity index (χ2v) is 2.85. The van der Waals surface area contributed by atoms with Crippen LogP contribution in [-0.2, 0) is 0 Å². The fourth-order valence-electron chi connectivity index (χ4n) is 1.56. The molecule has 0 spiro atoms. The van der Waals surface area contributed by atoms with E-state index < -0.39 is 0 Å². The molecule has 0 atom stereocenters. The fourth-order valence-corrected chi connectivity index (χ4v) is 1.56. The summed E-state index contributed by atoms with van der Waals surface area (Å²) in [6.45, 7) is 1.05. The molecule has 1 saturated carbocycles. The second-order valence-electron chi connectivity index (χ2n) is 2.85. The highest BCUT2D eigenvalue weighted by Crippen LogP contribution is 2.34. The van der Waals surface area contributed by atoms with Crippen molar-refractivity contribution in [1.29, 1.82) is 0 Å². The Morgan fingerprint density at radius 2 is 2.29 bits per heavy atom. The standard InChI is InChI=1S/C5H10N2/c6-5-1-4(2-5)7-3-5/h4,7H,1-3,6H2. The van der Waals surface area contributed by atoms with E-state index in [9.17, 15) is 0 Å². The SMILES string of the molecule is NC12CNC(C1)C2. The lowest BCUT2D eigenvalue weighted by atomic mass is 9.79. The van der Waals surface area contributed by atoms with Crippen LogP contribution >= 0.6 is 0 Å². The van der Waals surface area contributed by atoms with Gasteiger partial charge < -0.3 is 11.1 Å². The van der Waals surface area contributed by atoms with Crippen LogP contribution in [0.25, 0.3) is 0 Å².